The van der Waals surface area contributed by atoms with Gasteiger partial charge in [-0.2, -0.15) is 4.57 Å². The van der Waals surface area contributed by atoms with E-state index in [1.807, 2.05) is 39.0 Å². The highest BCUT2D eigenvalue weighted by molar-refractivity contribution is 5.95. The molecule has 2 aromatic rings. The molecule has 1 heterocycles. The highest BCUT2D eigenvalue weighted by atomic mass is 16.6. The SMILES string of the molecule is CC(C)(C)OC(=O)c1cccc[n+]1CC(=O)c1ccccc1. The van der Waals surface area contributed by atoms with E-state index in [4.69, 9.17) is 4.74 Å². The summed E-state index contributed by atoms with van der Waals surface area (Å²) >= 11 is 0. The minimum Gasteiger partial charge on any atom is -0.452 e. The molecule has 0 bridgehead atoms. The van der Waals surface area contributed by atoms with Crippen LogP contribution in [-0.4, -0.2) is 17.4 Å². The molecular formula is C18H20NO3+. The summed E-state index contributed by atoms with van der Waals surface area (Å²) < 4.78 is 7.00. The summed E-state index contributed by atoms with van der Waals surface area (Å²) in [7, 11) is 0. The number of carbonyl (C=O) groups is 2. The number of rotatable bonds is 4. The zero-order chi connectivity index (χ0) is 16.2. The van der Waals surface area contributed by atoms with E-state index in [2.05, 4.69) is 0 Å². The Labute approximate surface area is 130 Å². The minimum absolute atomic E-state index is 0.0541. The first-order chi connectivity index (χ1) is 10.4. The monoisotopic (exact) mass is 298 g/mol. The third-order valence-electron chi connectivity index (χ3n) is 2.96. The first-order valence-electron chi connectivity index (χ1n) is 7.17. The van der Waals surface area contributed by atoms with E-state index in [0.29, 0.717) is 11.3 Å². The average molecular weight is 298 g/mol. The maximum absolute atomic E-state index is 12.3. The van der Waals surface area contributed by atoms with E-state index < -0.39 is 11.6 Å². The molecular weight excluding hydrogens is 278 g/mol. The molecule has 0 saturated carbocycles. The van der Waals surface area contributed by atoms with Gasteiger partial charge in [0.1, 0.15) is 5.60 Å². The van der Waals surface area contributed by atoms with Crippen LogP contribution in [0.3, 0.4) is 0 Å². The standard InChI is InChI=1S/C18H20NO3/c1-18(2,3)22-17(21)15-11-7-8-12-19(15)13-16(20)14-9-5-4-6-10-14/h4-12H,13H2,1-3H3/q+1. The summed E-state index contributed by atoms with van der Waals surface area (Å²) in [6.45, 7) is 5.54. The molecule has 0 amide bonds. The Hall–Kier alpha value is -2.49. The third-order valence-corrected chi connectivity index (χ3v) is 2.96. The van der Waals surface area contributed by atoms with Gasteiger partial charge < -0.3 is 4.74 Å². The Morgan fingerprint density at radius 3 is 2.27 bits per heavy atom. The van der Waals surface area contributed by atoms with Crippen molar-refractivity contribution in [1.82, 2.24) is 0 Å². The molecule has 0 spiro atoms. The molecule has 4 nitrogen and oxygen atoms in total. The molecule has 0 N–H and O–H groups in total. The van der Waals surface area contributed by atoms with Crippen molar-refractivity contribution in [3.8, 4) is 0 Å². The van der Waals surface area contributed by atoms with Crippen LogP contribution in [0.25, 0.3) is 0 Å². The lowest BCUT2D eigenvalue weighted by Gasteiger charge is -2.18. The smallest absolute Gasteiger partial charge is 0.404 e. The molecule has 2 rings (SSSR count). The lowest BCUT2D eigenvalue weighted by Crippen LogP contribution is -2.44. The maximum Gasteiger partial charge on any atom is 0.404 e. The van der Waals surface area contributed by atoms with Gasteiger partial charge >= 0.3 is 5.97 Å². The van der Waals surface area contributed by atoms with Crippen LogP contribution in [0.1, 0.15) is 41.6 Å². The molecule has 22 heavy (non-hydrogen) atoms. The minimum atomic E-state index is -0.575. The number of hydrogen-bond donors (Lipinski definition) is 0. The van der Waals surface area contributed by atoms with E-state index in [1.165, 1.54) is 0 Å². The van der Waals surface area contributed by atoms with Gasteiger partial charge in [0.15, 0.2) is 6.20 Å². The van der Waals surface area contributed by atoms with Gasteiger partial charge in [-0.15, -0.1) is 0 Å². The Morgan fingerprint density at radius 2 is 1.64 bits per heavy atom. The van der Waals surface area contributed by atoms with Crippen molar-refractivity contribution in [3.05, 3.63) is 66.0 Å². The number of carbonyl (C=O) groups excluding carboxylic acids is 2. The van der Waals surface area contributed by atoms with Crippen molar-refractivity contribution in [3.63, 3.8) is 0 Å². The van der Waals surface area contributed by atoms with Crippen LogP contribution in [0, 0.1) is 0 Å². The predicted molar refractivity (Wildman–Crippen MR) is 82.6 cm³/mol. The van der Waals surface area contributed by atoms with Crippen LogP contribution in [0.5, 0.6) is 0 Å². The average Bonchev–Trinajstić information content (AvgIpc) is 2.47. The summed E-state index contributed by atoms with van der Waals surface area (Å²) in [6.07, 6.45) is 1.71. The molecule has 0 aliphatic heterocycles. The largest absolute Gasteiger partial charge is 0.452 e. The van der Waals surface area contributed by atoms with Crippen LogP contribution in [0.4, 0.5) is 0 Å². The summed E-state index contributed by atoms with van der Waals surface area (Å²) in [6, 6.07) is 14.2. The van der Waals surface area contributed by atoms with Gasteiger partial charge in [-0.05, 0) is 26.8 Å². The zero-order valence-electron chi connectivity index (χ0n) is 13.1. The fraction of sp³-hybridized carbons (Fsp3) is 0.278. The molecule has 0 atom stereocenters. The van der Waals surface area contributed by atoms with Gasteiger partial charge in [0.05, 0.1) is 0 Å². The number of Topliss-reactive ketones (excluding diaryl/α,β-unsaturated/α-hetero) is 1. The van der Waals surface area contributed by atoms with E-state index in [-0.39, 0.29) is 12.3 Å². The Morgan fingerprint density at radius 1 is 1.00 bits per heavy atom. The molecule has 0 radical (unpaired) electrons. The molecule has 0 aliphatic carbocycles. The molecule has 0 aliphatic rings. The fourth-order valence-corrected chi connectivity index (χ4v) is 2.00. The quantitative estimate of drug-likeness (QED) is 0.495. The first kappa shape index (κ1) is 15.9. The lowest BCUT2D eigenvalue weighted by atomic mass is 10.1. The Bertz CT molecular complexity index is 672. The first-order valence-corrected chi connectivity index (χ1v) is 7.17. The van der Waals surface area contributed by atoms with Crippen LogP contribution in [-0.2, 0) is 11.3 Å². The van der Waals surface area contributed by atoms with Gasteiger partial charge in [-0.3, -0.25) is 4.79 Å². The molecule has 0 saturated heterocycles. The number of ketones is 1. The van der Waals surface area contributed by atoms with Crippen LogP contribution in [0.2, 0.25) is 0 Å². The molecule has 0 fully saturated rings. The summed E-state index contributed by atoms with van der Waals surface area (Å²) in [4.78, 5) is 24.5. The lowest BCUT2D eigenvalue weighted by molar-refractivity contribution is -0.685. The molecule has 1 aromatic carbocycles. The van der Waals surface area contributed by atoms with Gasteiger partial charge in [0, 0.05) is 17.7 Å². The molecule has 4 heteroatoms. The van der Waals surface area contributed by atoms with Crippen molar-refractivity contribution >= 4 is 11.8 Å². The second kappa shape index (κ2) is 6.52. The molecule has 114 valence electrons. The number of esters is 1. The van der Waals surface area contributed by atoms with Crippen molar-refractivity contribution in [2.45, 2.75) is 32.9 Å². The normalized spacial score (nSPS) is 11.0. The predicted octanol–water partition coefficient (Wildman–Crippen LogP) is 2.81. The van der Waals surface area contributed by atoms with Crippen molar-refractivity contribution in [1.29, 1.82) is 0 Å². The Kier molecular flexibility index (Phi) is 4.71. The van der Waals surface area contributed by atoms with Crippen molar-refractivity contribution in [2.75, 3.05) is 0 Å². The number of benzene rings is 1. The van der Waals surface area contributed by atoms with Crippen LogP contribution in [0.15, 0.2) is 54.7 Å². The second-order valence-electron chi connectivity index (χ2n) is 6.00. The summed E-state index contributed by atoms with van der Waals surface area (Å²) in [5, 5.41) is 0. The summed E-state index contributed by atoms with van der Waals surface area (Å²) in [5.74, 6) is -0.490. The van der Waals surface area contributed by atoms with Crippen LogP contribution >= 0.6 is 0 Å². The molecule has 0 unspecified atom stereocenters. The van der Waals surface area contributed by atoms with Gasteiger partial charge in [-0.1, -0.05) is 30.3 Å². The van der Waals surface area contributed by atoms with E-state index >= 15 is 0 Å². The fourth-order valence-electron chi connectivity index (χ4n) is 2.00. The number of aromatic nitrogens is 1. The number of nitrogens with zero attached hydrogens (tertiary/aromatic N) is 1. The number of ether oxygens (including phenoxy) is 1. The Balaban J connectivity index is 2.22. The van der Waals surface area contributed by atoms with E-state index in [9.17, 15) is 9.59 Å². The van der Waals surface area contributed by atoms with Crippen molar-refractivity contribution in [2.24, 2.45) is 0 Å². The zero-order valence-corrected chi connectivity index (χ0v) is 13.1. The molecule has 1 aromatic heterocycles. The van der Waals surface area contributed by atoms with Crippen LogP contribution < -0.4 is 4.57 Å². The second-order valence-corrected chi connectivity index (χ2v) is 6.00. The highest BCUT2D eigenvalue weighted by Gasteiger charge is 2.26. The van der Waals surface area contributed by atoms with Crippen molar-refractivity contribution < 1.29 is 18.9 Å². The highest BCUT2D eigenvalue weighted by Crippen LogP contribution is 2.10. The third kappa shape index (κ3) is 4.25. The number of pyridine rings is 1. The number of hydrogen-bond acceptors (Lipinski definition) is 3. The van der Waals surface area contributed by atoms with Gasteiger partial charge in [0.25, 0.3) is 5.69 Å². The topological polar surface area (TPSA) is 47.2 Å². The van der Waals surface area contributed by atoms with Gasteiger partial charge in [-0.25, -0.2) is 4.79 Å². The maximum atomic E-state index is 12.3. The van der Waals surface area contributed by atoms with E-state index in [1.54, 1.807) is 41.1 Å². The van der Waals surface area contributed by atoms with Gasteiger partial charge in [0.2, 0.25) is 12.3 Å². The van der Waals surface area contributed by atoms with E-state index in [0.717, 1.165) is 0 Å². The summed E-state index contributed by atoms with van der Waals surface area (Å²) in [5.41, 5.74) is 0.407.